The minimum absolute atomic E-state index is 0.0338. The van der Waals surface area contributed by atoms with Crippen LogP contribution in [0.5, 0.6) is 0 Å². The normalized spacial score (nSPS) is 17.9. The van der Waals surface area contributed by atoms with Gasteiger partial charge in [-0.25, -0.2) is 9.18 Å². The number of barbiturate groups is 1. The third-order valence-corrected chi connectivity index (χ3v) is 4.62. The van der Waals surface area contributed by atoms with E-state index in [1.807, 2.05) is 0 Å². The molecule has 1 aromatic carbocycles. The first-order valence-electron chi connectivity index (χ1n) is 9.20. The number of carbonyl (C=O) groups excluding carboxylic acids is 3. The molecule has 0 saturated carbocycles. The summed E-state index contributed by atoms with van der Waals surface area (Å²) in [5.41, 5.74) is 0.590. The van der Waals surface area contributed by atoms with Gasteiger partial charge in [-0.15, -0.1) is 0 Å². The van der Waals surface area contributed by atoms with Crippen LogP contribution in [0.4, 0.5) is 9.18 Å². The summed E-state index contributed by atoms with van der Waals surface area (Å²) in [6.07, 6.45) is 2.17. The van der Waals surface area contributed by atoms with Crippen LogP contribution in [0.25, 0.3) is 0 Å². The number of quaternary nitrogens is 1. The number of rotatable bonds is 9. The number of hydrogen-bond acceptors (Lipinski definition) is 4. The van der Waals surface area contributed by atoms with Gasteiger partial charge in [0.1, 0.15) is 5.82 Å². The Morgan fingerprint density at radius 1 is 1.19 bits per heavy atom. The zero-order valence-electron chi connectivity index (χ0n) is 15.7. The Morgan fingerprint density at radius 3 is 2.48 bits per heavy atom. The van der Waals surface area contributed by atoms with Crippen LogP contribution in [-0.4, -0.2) is 55.1 Å². The van der Waals surface area contributed by atoms with E-state index in [-0.39, 0.29) is 6.54 Å². The zero-order chi connectivity index (χ0) is 19.8. The fraction of sp³-hybridized carbons (Fsp3) is 0.474. The highest BCUT2D eigenvalue weighted by Gasteiger charge is 2.39. The molecule has 8 heteroatoms. The number of aliphatic imine (C=N–C) groups is 1. The molecule has 4 amide bonds. The number of nitrogens with one attached hydrogen (secondary N) is 2. The van der Waals surface area contributed by atoms with Gasteiger partial charge in [-0.1, -0.05) is 12.1 Å². The van der Waals surface area contributed by atoms with Crippen molar-refractivity contribution >= 4 is 24.1 Å². The summed E-state index contributed by atoms with van der Waals surface area (Å²) in [7, 11) is 0. The van der Waals surface area contributed by atoms with Crippen molar-refractivity contribution in [2.24, 2.45) is 10.9 Å². The predicted molar refractivity (Wildman–Crippen MR) is 98.9 cm³/mol. The number of imide groups is 2. The molecule has 1 aromatic rings. The SMILES string of the molecule is CC[NH+](CC)CCCN=CC1C(=O)NC(=O)N(Cc2ccc(F)cc2)C1=O. The van der Waals surface area contributed by atoms with Gasteiger partial charge in [0, 0.05) is 19.2 Å². The van der Waals surface area contributed by atoms with Gasteiger partial charge in [-0.2, -0.15) is 0 Å². The molecule has 146 valence electrons. The van der Waals surface area contributed by atoms with Crippen molar-refractivity contribution in [2.75, 3.05) is 26.2 Å². The molecular formula is C19H26FN4O3+. The summed E-state index contributed by atoms with van der Waals surface area (Å²) < 4.78 is 13.0. The number of benzene rings is 1. The predicted octanol–water partition coefficient (Wildman–Crippen LogP) is 0.406. The quantitative estimate of drug-likeness (QED) is 0.371. The first kappa shape index (κ1) is 20.7. The molecule has 1 aliphatic rings. The molecule has 2 N–H and O–H groups in total. The van der Waals surface area contributed by atoms with Gasteiger partial charge < -0.3 is 4.90 Å². The fourth-order valence-corrected chi connectivity index (χ4v) is 2.89. The van der Waals surface area contributed by atoms with Gasteiger partial charge >= 0.3 is 6.03 Å². The van der Waals surface area contributed by atoms with Crippen molar-refractivity contribution in [1.29, 1.82) is 0 Å². The Bertz CT molecular complexity index is 701. The Hall–Kier alpha value is -2.61. The molecule has 1 atom stereocenters. The lowest BCUT2D eigenvalue weighted by atomic mass is 10.1. The molecule has 0 bridgehead atoms. The summed E-state index contributed by atoms with van der Waals surface area (Å²) in [5.74, 6) is -2.81. The summed E-state index contributed by atoms with van der Waals surface area (Å²) in [6, 6.07) is 4.72. The van der Waals surface area contributed by atoms with E-state index in [4.69, 9.17) is 0 Å². The molecule has 2 rings (SSSR count). The molecule has 7 nitrogen and oxygen atoms in total. The molecule has 0 aliphatic carbocycles. The van der Waals surface area contributed by atoms with E-state index in [1.165, 1.54) is 35.4 Å². The lowest BCUT2D eigenvalue weighted by Crippen LogP contribution is -3.11. The maximum absolute atomic E-state index is 13.0. The van der Waals surface area contributed by atoms with Crippen molar-refractivity contribution < 1.29 is 23.7 Å². The van der Waals surface area contributed by atoms with E-state index in [0.29, 0.717) is 12.1 Å². The highest BCUT2D eigenvalue weighted by atomic mass is 19.1. The molecule has 27 heavy (non-hydrogen) atoms. The lowest BCUT2D eigenvalue weighted by Gasteiger charge is -2.28. The minimum Gasteiger partial charge on any atom is -0.335 e. The van der Waals surface area contributed by atoms with E-state index >= 15 is 0 Å². The maximum atomic E-state index is 13.0. The van der Waals surface area contributed by atoms with Crippen molar-refractivity contribution in [1.82, 2.24) is 10.2 Å². The average Bonchev–Trinajstić information content (AvgIpc) is 2.65. The summed E-state index contributed by atoms with van der Waals surface area (Å²) in [4.78, 5) is 43.2. The summed E-state index contributed by atoms with van der Waals surface area (Å²) >= 11 is 0. The molecule has 0 spiro atoms. The highest BCUT2D eigenvalue weighted by Crippen LogP contribution is 2.14. The Morgan fingerprint density at radius 2 is 1.85 bits per heavy atom. The summed E-state index contributed by atoms with van der Waals surface area (Å²) in [6.45, 7) is 7.80. The topological polar surface area (TPSA) is 83.3 Å². The molecule has 1 aliphatic heterocycles. The number of carbonyl (C=O) groups is 3. The van der Waals surface area contributed by atoms with E-state index in [1.54, 1.807) is 0 Å². The van der Waals surface area contributed by atoms with Gasteiger partial charge in [0.25, 0.3) is 0 Å². The van der Waals surface area contributed by atoms with Crippen LogP contribution in [0.2, 0.25) is 0 Å². The fourth-order valence-electron chi connectivity index (χ4n) is 2.89. The smallest absolute Gasteiger partial charge is 0.331 e. The number of halogens is 1. The van der Waals surface area contributed by atoms with Crippen LogP contribution >= 0.6 is 0 Å². The van der Waals surface area contributed by atoms with E-state index in [2.05, 4.69) is 24.2 Å². The number of urea groups is 1. The number of hydrogen-bond donors (Lipinski definition) is 2. The number of amides is 4. The van der Waals surface area contributed by atoms with Crippen molar-refractivity contribution in [3.8, 4) is 0 Å². The van der Waals surface area contributed by atoms with Crippen molar-refractivity contribution in [3.05, 3.63) is 35.6 Å². The molecule has 0 radical (unpaired) electrons. The van der Waals surface area contributed by atoms with E-state index in [0.717, 1.165) is 31.0 Å². The van der Waals surface area contributed by atoms with Crippen molar-refractivity contribution in [3.63, 3.8) is 0 Å². The third kappa shape index (κ3) is 5.68. The molecule has 1 saturated heterocycles. The van der Waals surface area contributed by atoms with Gasteiger partial charge in [-0.05, 0) is 31.5 Å². The number of nitrogens with zero attached hydrogens (tertiary/aromatic N) is 2. The van der Waals surface area contributed by atoms with Crippen LogP contribution in [0, 0.1) is 11.7 Å². The van der Waals surface area contributed by atoms with Crippen LogP contribution in [-0.2, 0) is 16.1 Å². The van der Waals surface area contributed by atoms with Gasteiger partial charge in [0.2, 0.25) is 11.8 Å². The highest BCUT2D eigenvalue weighted by molar-refractivity contribution is 6.23. The Kier molecular flexibility index (Phi) is 7.60. The van der Waals surface area contributed by atoms with Gasteiger partial charge in [0.05, 0.1) is 26.2 Å². The van der Waals surface area contributed by atoms with Gasteiger partial charge in [-0.3, -0.25) is 24.8 Å². The summed E-state index contributed by atoms with van der Waals surface area (Å²) in [5, 5.41) is 2.18. The first-order chi connectivity index (χ1) is 13.0. The van der Waals surface area contributed by atoms with Crippen LogP contribution in [0.3, 0.4) is 0 Å². The van der Waals surface area contributed by atoms with Crippen LogP contribution < -0.4 is 10.2 Å². The monoisotopic (exact) mass is 377 g/mol. The average molecular weight is 377 g/mol. The molecule has 1 unspecified atom stereocenters. The molecule has 1 fully saturated rings. The second kappa shape index (κ2) is 9.91. The molecule has 0 aromatic heterocycles. The Labute approximate surface area is 158 Å². The molecule has 1 heterocycles. The standard InChI is InChI=1S/C19H25FN4O3/c1-3-23(4-2)11-5-10-21-12-16-17(25)22-19(27)24(18(16)26)13-14-6-8-15(20)9-7-14/h6-9,12,16H,3-5,10-11,13H2,1-2H3,(H,22,25,27)/p+1. The minimum atomic E-state index is -1.12. The zero-order valence-corrected chi connectivity index (χ0v) is 15.7. The molecular weight excluding hydrogens is 351 g/mol. The van der Waals surface area contributed by atoms with E-state index in [9.17, 15) is 18.8 Å². The Balaban J connectivity index is 1.96. The van der Waals surface area contributed by atoms with Crippen LogP contribution in [0.1, 0.15) is 25.8 Å². The second-order valence-corrected chi connectivity index (χ2v) is 6.44. The largest absolute Gasteiger partial charge is 0.335 e. The van der Waals surface area contributed by atoms with E-state index < -0.39 is 29.6 Å². The second-order valence-electron chi connectivity index (χ2n) is 6.44. The lowest BCUT2D eigenvalue weighted by molar-refractivity contribution is -0.896. The third-order valence-electron chi connectivity index (χ3n) is 4.62. The maximum Gasteiger partial charge on any atom is 0.331 e. The van der Waals surface area contributed by atoms with Crippen molar-refractivity contribution in [2.45, 2.75) is 26.8 Å². The van der Waals surface area contributed by atoms with Gasteiger partial charge in [0.15, 0.2) is 5.92 Å². The van der Waals surface area contributed by atoms with Crippen LogP contribution in [0.15, 0.2) is 29.3 Å². The first-order valence-corrected chi connectivity index (χ1v) is 9.20.